The maximum Gasteiger partial charge on any atom is 0.342 e. The van der Waals surface area contributed by atoms with Crippen LogP contribution < -0.4 is 0 Å². The molecule has 0 amide bonds. The van der Waals surface area contributed by atoms with Gasteiger partial charge in [-0.3, -0.25) is 4.98 Å². The Hall–Kier alpha value is -1.29. The van der Waals surface area contributed by atoms with Crippen molar-refractivity contribution in [2.75, 3.05) is 17.3 Å². The van der Waals surface area contributed by atoms with Gasteiger partial charge in [-0.1, -0.05) is 0 Å². The summed E-state index contributed by atoms with van der Waals surface area (Å²) in [5.41, 5.74) is 1.78. The molecule has 0 aliphatic carbocycles. The Morgan fingerprint density at radius 1 is 1.27 bits per heavy atom. The van der Waals surface area contributed by atoms with E-state index in [2.05, 4.69) is 9.97 Å². The minimum Gasteiger partial charge on any atom is -0.390 e. The monoisotopic (exact) mass is 418 g/mol. The number of hydrogen-bond donors (Lipinski definition) is 1. The van der Waals surface area contributed by atoms with Crippen LogP contribution in [-0.4, -0.2) is 41.8 Å². The number of thioether (sulfide) groups is 2. The Kier molecular flexibility index (Phi) is 10.0. The maximum atomic E-state index is 10.9. The molecule has 0 atom stereocenters. The molecule has 0 spiro atoms. The normalized spacial score (nSPS) is 10.6. The summed E-state index contributed by atoms with van der Waals surface area (Å²) in [6.45, 7) is 4.33. The molecular weight excluding hydrogens is 396 g/mol. The van der Waals surface area contributed by atoms with E-state index in [0.29, 0.717) is 12.4 Å². The van der Waals surface area contributed by atoms with Crippen LogP contribution in [0.3, 0.4) is 0 Å². The van der Waals surface area contributed by atoms with Crippen molar-refractivity contribution >= 4 is 41.7 Å². The van der Waals surface area contributed by atoms with Gasteiger partial charge >= 0.3 is 5.82 Å². The fourth-order valence-electron chi connectivity index (χ4n) is 2.35. The van der Waals surface area contributed by atoms with Crippen LogP contribution in [0, 0.1) is 24.0 Å². The molecule has 2 rings (SSSR count). The lowest BCUT2D eigenvalue weighted by Crippen LogP contribution is -2.07. The fraction of sp³-hybridized carbons (Fsp3) is 0.500. The molecule has 0 aliphatic rings. The molecule has 0 unspecified atom stereocenters. The van der Waals surface area contributed by atoms with Crippen molar-refractivity contribution in [1.82, 2.24) is 14.5 Å². The molecule has 0 aromatic carbocycles. The lowest BCUT2D eigenvalue weighted by Gasteiger charge is -2.08. The second-order valence-corrected chi connectivity index (χ2v) is 7.79. The SMILES string of the molecule is Cc1c(SCCCSCCn2c([N+](=O)[O-])cnc2C)ccnc1CO.Cl. The smallest absolute Gasteiger partial charge is 0.342 e. The number of aliphatic hydroxyl groups excluding tert-OH is 1. The van der Waals surface area contributed by atoms with Gasteiger partial charge < -0.3 is 15.2 Å². The standard InChI is InChI=1S/C16H22N4O3S2.ClH/c1-12-14(11-21)17-5-4-15(12)25-8-3-7-24-9-6-19-13(2)18-10-16(19)20(22)23;/h4-5,10,21H,3,6-9,11H2,1-2H3;1H. The summed E-state index contributed by atoms with van der Waals surface area (Å²) >= 11 is 3.56. The van der Waals surface area contributed by atoms with E-state index in [0.717, 1.165) is 39.8 Å². The van der Waals surface area contributed by atoms with Gasteiger partial charge in [0.25, 0.3) is 0 Å². The van der Waals surface area contributed by atoms with E-state index in [1.807, 2.05) is 13.0 Å². The Morgan fingerprint density at radius 3 is 2.73 bits per heavy atom. The van der Waals surface area contributed by atoms with Crippen LogP contribution >= 0.6 is 35.9 Å². The molecule has 7 nitrogen and oxygen atoms in total. The van der Waals surface area contributed by atoms with Crippen LogP contribution in [-0.2, 0) is 13.2 Å². The number of imidazole rings is 1. The van der Waals surface area contributed by atoms with Gasteiger partial charge in [0.05, 0.1) is 12.3 Å². The molecule has 10 heteroatoms. The Bertz CT molecular complexity index is 728. The Morgan fingerprint density at radius 2 is 2.04 bits per heavy atom. The Balaban J connectivity index is 0.00000338. The van der Waals surface area contributed by atoms with Gasteiger partial charge in [0.15, 0.2) is 5.82 Å². The number of hydrogen-bond acceptors (Lipinski definition) is 7. The van der Waals surface area contributed by atoms with Gasteiger partial charge in [-0.25, -0.2) is 9.55 Å². The number of aromatic nitrogens is 3. The molecule has 0 bridgehead atoms. The third kappa shape index (κ3) is 6.15. The van der Waals surface area contributed by atoms with Gasteiger partial charge in [0.1, 0.15) is 12.7 Å². The summed E-state index contributed by atoms with van der Waals surface area (Å²) < 4.78 is 1.65. The maximum absolute atomic E-state index is 10.9. The molecule has 0 fully saturated rings. The number of pyridine rings is 1. The van der Waals surface area contributed by atoms with Gasteiger partial charge in [0, 0.05) is 23.8 Å². The van der Waals surface area contributed by atoms with E-state index in [1.165, 1.54) is 6.20 Å². The molecule has 0 aliphatic heterocycles. The van der Waals surface area contributed by atoms with Gasteiger partial charge in [-0.05, 0) is 41.4 Å². The molecule has 2 heterocycles. The largest absolute Gasteiger partial charge is 0.390 e. The van der Waals surface area contributed by atoms with E-state index in [4.69, 9.17) is 0 Å². The topological polar surface area (TPSA) is 94.1 Å². The molecule has 0 radical (unpaired) electrons. The second kappa shape index (κ2) is 11.4. The van der Waals surface area contributed by atoms with Crippen molar-refractivity contribution in [2.24, 2.45) is 0 Å². The summed E-state index contributed by atoms with van der Waals surface area (Å²) in [4.78, 5) is 19.9. The highest BCUT2D eigenvalue weighted by atomic mass is 35.5. The number of halogens is 1. The van der Waals surface area contributed by atoms with E-state index < -0.39 is 0 Å². The molecule has 2 aromatic heterocycles. The van der Waals surface area contributed by atoms with E-state index in [-0.39, 0.29) is 29.8 Å². The Labute approximate surface area is 167 Å². The van der Waals surface area contributed by atoms with Crippen molar-refractivity contribution in [1.29, 1.82) is 0 Å². The zero-order chi connectivity index (χ0) is 18.2. The number of aliphatic hydroxyl groups is 1. The van der Waals surface area contributed by atoms with Crippen LogP contribution in [0.1, 0.15) is 23.5 Å². The first kappa shape index (κ1) is 22.8. The zero-order valence-electron chi connectivity index (χ0n) is 14.8. The number of rotatable bonds is 10. The third-order valence-electron chi connectivity index (χ3n) is 3.78. The quantitative estimate of drug-likeness (QED) is 0.272. The second-order valence-electron chi connectivity index (χ2n) is 5.43. The minimum atomic E-state index is -0.390. The number of nitro groups is 1. The van der Waals surface area contributed by atoms with Crippen molar-refractivity contribution in [3.63, 3.8) is 0 Å². The molecule has 1 N–H and O–H groups in total. The number of nitrogens with zero attached hydrogens (tertiary/aromatic N) is 4. The summed E-state index contributed by atoms with van der Waals surface area (Å²) in [5.74, 6) is 3.56. The summed E-state index contributed by atoms with van der Waals surface area (Å²) in [5, 5.41) is 20.2. The highest BCUT2D eigenvalue weighted by Crippen LogP contribution is 2.25. The van der Waals surface area contributed by atoms with Gasteiger partial charge in [-0.15, -0.1) is 24.2 Å². The van der Waals surface area contributed by atoms with Crippen LogP contribution in [0.2, 0.25) is 0 Å². The summed E-state index contributed by atoms with van der Waals surface area (Å²) in [6.07, 6.45) is 4.10. The van der Waals surface area contributed by atoms with E-state index in [1.54, 1.807) is 41.2 Å². The van der Waals surface area contributed by atoms with Crippen LogP contribution in [0.4, 0.5) is 5.82 Å². The average molecular weight is 419 g/mol. The highest BCUT2D eigenvalue weighted by Gasteiger charge is 2.16. The zero-order valence-corrected chi connectivity index (χ0v) is 17.2. The van der Waals surface area contributed by atoms with Crippen LogP contribution in [0.5, 0.6) is 0 Å². The average Bonchev–Trinajstić information content (AvgIpc) is 2.96. The highest BCUT2D eigenvalue weighted by molar-refractivity contribution is 8.00. The number of aryl methyl sites for hydroxylation is 1. The van der Waals surface area contributed by atoms with Gasteiger partial charge in [-0.2, -0.15) is 11.8 Å². The molecular formula is C16H23ClN4O3S2. The fourth-order valence-corrected chi connectivity index (χ4v) is 4.40. The lowest BCUT2D eigenvalue weighted by atomic mass is 10.2. The van der Waals surface area contributed by atoms with Crippen molar-refractivity contribution in [3.8, 4) is 0 Å². The van der Waals surface area contributed by atoms with Crippen LogP contribution in [0.15, 0.2) is 23.4 Å². The van der Waals surface area contributed by atoms with Crippen molar-refractivity contribution < 1.29 is 10.0 Å². The minimum absolute atomic E-state index is 0. The summed E-state index contributed by atoms with van der Waals surface area (Å²) in [6, 6.07) is 1.98. The summed E-state index contributed by atoms with van der Waals surface area (Å²) in [7, 11) is 0. The van der Waals surface area contributed by atoms with Crippen molar-refractivity contribution in [2.45, 2.75) is 38.3 Å². The third-order valence-corrected chi connectivity index (χ3v) is 6.07. The lowest BCUT2D eigenvalue weighted by molar-refractivity contribution is -0.392. The predicted molar refractivity (Wildman–Crippen MR) is 108 cm³/mol. The van der Waals surface area contributed by atoms with Gasteiger partial charge in [0.2, 0.25) is 0 Å². The van der Waals surface area contributed by atoms with E-state index in [9.17, 15) is 15.2 Å². The molecule has 0 saturated heterocycles. The van der Waals surface area contributed by atoms with E-state index >= 15 is 0 Å². The van der Waals surface area contributed by atoms with Crippen molar-refractivity contribution in [3.05, 3.63) is 45.7 Å². The molecule has 0 saturated carbocycles. The first-order valence-corrected chi connectivity index (χ1v) is 10.1. The first-order chi connectivity index (χ1) is 12.0. The molecule has 26 heavy (non-hydrogen) atoms. The first-order valence-electron chi connectivity index (χ1n) is 7.97. The predicted octanol–water partition coefficient (Wildman–Crippen LogP) is 3.63. The van der Waals surface area contributed by atoms with Crippen LogP contribution in [0.25, 0.3) is 0 Å². The molecule has 2 aromatic rings. The molecule has 144 valence electrons.